The monoisotopic (exact) mass is 248 g/mol. The number of hydrogen-bond donors (Lipinski definition) is 1. The Balaban J connectivity index is 2.72. The average Bonchev–Trinajstić information content (AvgIpc) is 2.23. The van der Waals surface area contributed by atoms with E-state index in [1.807, 2.05) is 0 Å². The van der Waals surface area contributed by atoms with E-state index in [0.717, 1.165) is 0 Å². The molecule has 0 bridgehead atoms. The lowest BCUT2D eigenvalue weighted by Crippen LogP contribution is -2.24. The first kappa shape index (κ1) is 13.5. The highest BCUT2D eigenvalue weighted by Crippen LogP contribution is 2.35. The molecular weight excluding hydrogens is 237 g/mol. The van der Waals surface area contributed by atoms with Crippen LogP contribution in [-0.4, -0.2) is 23.9 Å². The minimum Gasteiger partial charge on any atom is -0.481 e. The van der Waals surface area contributed by atoms with E-state index in [1.165, 1.54) is 24.3 Å². The normalized spacial score (nSPS) is 13.4. The molecule has 1 N–H and O–H groups in total. The Morgan fingerprint density at radius 2 is 1.88 bits per heavy atom. The van der Waals surface area contributed by atoms with Gasteiger partial charge in [-0.1, -0.05) is 30.3 Å². The molecule has 0 spiro atoms. The molecule has 0 amide bonds. The number of benzene rings is 1. The third-order valence-electron chi connectivity index (χ3n) is 2.00. The maximum Gasteiger partial charge on any atom is 0.418 e. The van der Waals surface area contributed by atoms with Gasteiger partial charge in [0.25, 0.3) is 0 Å². The third kappa shape index (κ3) is 4.44. The van der Waals surface area contributed by atoms with Gasteiger partial charge in [-0.3, -0.25) is 4.79 Å². The molecule has 1 rings (SSSR count). The summed E-state index contributed by atoms with van der Waals surface area (Å²) >= 11 is 0. The van der Waals surface area contributed by atoms with Crippen molar-refractivity contribution in [1.29, 1.82) is 0 Å². The fourth-order valence-corrected chi connectivity index (χ4v) is 1.27. The molecule has 0 aliphatic rings. The number of aliphatic carboxylic acids is 1. The van der Waals surface area contributed by atoms with Crippen LogP contribution in [0.5, 0.6) is 0 Å². The molecule has 0 aliphatic heterocycles. The Labute approximate surface area is 95.8 Å². The molecule has 94 valence electrons. The molecule has 0 saturated carbocycles. The second-order valence-corrected chi connectivity index (χ2v) is 3.35. The van der Waals surface area contributed by atoms with E-state index in [1.54, 1.807) is 6.07 Å². The van der Waals surface area contributed by atoms with Crippen LogP contribution in [0.25, 0.3) is 0 Å². The highest BCUT2D eigenvalue weighted by atomic mass is 19.4. The summed E-state index contributed by atoms with van der Waals surface area (Å²) in [4.78, 5) is 10.2. The summed E-state index contributed by atoms with van der Waals surface area (Å²) in [5.74, 6) is -1.20. The summed E-state index contributed by atoms with van der Waals surface area (Å²) in [6.45, 7) is -0.478. The molecule has 0 aromatic heterocycles. The maximum absolute atomic E-state index is 12.7. The largest absolute Gasteiger partial charge is 0.481 e. The molecule has 17 heavy (non-hydrogen) atoms. The summed E-state index contributed by atoms with van der Waals surface area (Å²) in [5.41, 5.74) is -0.0367. The van der Waals surface area contributed by atoms with Gasteiger partial charge in [-0.2, -0.15) is 13.2 Å². The van der Waals surface area contributed by atoms with E-state index in [0.29, 0.717) is 0 Å². The SMILES string of the molecule is O=C(O)CCO[C@@H](c1ccccc1)C(F)(F)F. The predicted octanol–water partition coefficient (Wildman–Crippen LogP) is 2.78. The number of carboxylic acid groups (broad SMARTS) is 1. The molecule has 0 heterocycles. The van der Waals surface area contributed by atoms with Crippen molar-refractivity contribution in [3.63, 3.8) is 0 Å². The molecule has 6 heteroatoms. The lowest BCUT2D eigenvalue weighted by Gasteiger charge is -2.20. The van der Waals surface area contributed by atoms with Crippen molar-refractivity contribution in [2.75, 3.05) is 6.61 Å². The number of alkyl halides is 3. The van der Waals surface area contributed by atoms with Crippen LogP contribution >= 0.6 is 0 Å². The van der Waals surface area contributed by atoms with Crippen molar-refractivity contribution in [2.24, 2.45) is 0 Å². The van der Waals surface area contributed by atoms with Crippen molar-refractivity contribution in [2.45, 2.75) is 18.7 Å². The van der Waals surface area contributed by atoms with Crippen LogP contribution in [0.2, 0.25) is 0 Å². The number of hydrogen-bond acceptors (Lipinski definition) is 2. The van der Waals surface area contributed by atoms with Crippen molar-refractivity contribution < 1.29 is 27.8 Å². The number of rotatable bonds is 5. The number of halogens is 3. The van der Waals surface area contributed by atoms with E-state index in [4.69, 9.17) is 5.11 Å². The summed E-state index contributed by atoms with van der Waals surface area (Å²) in [7, 11) is 0. The molecule has 0 fully saturated rings. The molecule has 1 atom stereocenters. The van der Waals surface area contributed by atoms with E-state index < -0.39 is 31.3 Å². The van der Waals surface area contributed by atoms with Gasteiger partial charge in [0.2, 0.25) is 0 Å². The zero-order valence-corrected chi connectivity index (χ0v) is 8.78. The number of carbonyl (C=O) groups is 1. The smallest absolute Gasteiger partial charge is 0.418 e. The van der Waals surface area contributed by atoms with Crippen LogP contribution < -0.4 is 0 Å². The number of carboxylic acids is 1. The van der Waals surface area contributed by atoms with Crippen LogP contribution in [0.1, 0.15) is 18.1 Å². The predicted molar refractivity (Wildman–Crippen MR) is 53.4 cm³/mol. The average molecular weight is 248 g/mol. The zero-order chi connectivity index (χ0) is 12.9. The molecule has 3 nitrogen and oxygen atoms in total. The fraction of sp³-hybridized carbons (Fsp3) is 0.364. The minimum atomic E-state index is -4.56. The van der Waals surface area contributed by atoms with Crippen LogP contribution in [0, 0.1) is 0 Å². The summed E-state index contributed by atoms with van der Waals surface area (Å²) < 4.78 is 42.6. The quantitative estimate of drug-likeness (QED) is 0.871. The van der Waals surface area contributed by atoms with Crippen LogP contribution in [0.15, 0.2) is 30.3 Å². The van der Waals surface area contributed by atoms with Gasteiger partial charge in [0.15, 0.2) is 6.10 Å². The molecule has 1 aromatic carbocycles. The molecule has 0 saturated heterocycles. The molecule has 0 radical (unpaired) electrons. The topological polar surface area (TPSA) is 46.5 Å². The molecule has 0 aliphatic carbocycles. The Kier molecular flexibility index (Phi) is 4.51. The standard InChI is InChI=1S/C11H11F3O3/c12-11(13,14)10(17-7-6-9(15)16)8-4-2-1-3-5-8/h1-5,10H,6-7H2,(H,15,16)/t10-/m0/s1. The van der Waals surface area contributed by atoms with Crippen LogP contribution in [0.4, 0.5) is 13.2 Å². The maximum atomic E-state index is 12.7. The van der Waals surface area contributed by atoms with Crippen molar-refractivity contribution in [3.05, 3.63) is 35.9 Å². The van der Waals surface area contributed by atoms with Crippen LogP contribution in [0.3, 0.4) is 0 Å². The highest BCUT2D eigenvalue weighted by molar-refractivity contribution is 5.66. The van der Waals surface area contributed by atoms with Gasteiger partial charge in [-0.25, -0.2) is 0 Å². The van der Waals surface area contributed by atoms with E-state index in [9.17, 15) is 18.0 Å². The van der Waals surface area contributed by atoms with Crippen molar-refractivity contribution >= 4 is 5.97 Å². The van der Waals surface area contributed by atoms with Crippen molar-refractivity contribution in [1.82, 2.24) is 0 Å². The highest BCUT2D eigenvalue weighted by Gasteiger charge is 2.41. The number of ether oxygens (including phenoxy) is 1. The Morgan fingerprint density at radius 1 is 1.29 bits per heavy atom. The summed E-state index contributed by atoms with van der Waals surface area (Å²) in [5, 5.41) is 8.34. The minimum absolute atomic E-state index is 0.0367. The Morgan fingerprint density at radius 3 is 2.35 bits per heavy atom. The van der Waals surface area contributed by atoms with Crippen LogP contribution in [-0.2, 0) is 9.53 Å². The molecule has 0 unspecified atom stereocenters. The van der Waals surface area contributed by atoms with Crippen molar-refractivity contribution in [3.8, 4) is 0 Å². The second kappa shape index (κ2) is 5.67. The first-order valence-corrected chi connectivity index (χ1v) is 4.86. The molecular formula is C11H11F3O3. The lowest BCUT2D eigenvalue weighted by molar-refractivity contribution is -0.224. The third-order valence-corrected chi connectivity index (χ3v) is 2.00. The van der Waals surface area contributed by atoms with E-state index in [-0.39, 0.29) is 5.56 Å². The Hall–Kier alpha value is -1.56. The van der Waals surface area contributed by atoms with Gasteiger partial charge in [0.1, 0.15) is 0 Å². The van der Waals surface area contributed by atoms with E-state index in [2.05, 4.69) is 4.74 Å². The summed E-state index contributed by atoms with van der Waals surface area (Å²) in [6, 6.07) is 7.11. The van der Waals surface area contributed by atoms with Gasteiger partial charge < -0.3 is 9.84 Å². The Bertz CT molecular complexity index is 362. The summed E-state index contributed by atoms with van der Waals surface area (Å²) in [6.07, 6.45) is -7.10. The first-order valence-electron chi connectivity index (χ1n) is 4.86. The van der Waals surface area contributed by atoms with Gasteiger partial charge in [0, 0.05) is 0 Å². The zero-order valence-electron chi connectivity index (χ0n) is 8.78. The lowest BCUT2D eigenvalue weighted by atomic mass is 10.1. The second-order valence-electron chi connectivity index (χ2n) is 3.35. The first-order chi connectivity index (χ1) is 7.91. The van der Waals surface area contributed by atoms with Gasteiger partial charge >= 0.3 is 12.1 Å². The fourth-order valence-electron chi connectivity index (χ4n) is 1.27. The van der Waals surface area contributed by atoms with E-state index >= 15 is 0 Å². The van der Waals surface area contributed by atoms with Gasteiger partial charge in [0.05, 0.1) is 13.0 Å². The van der Waals surface area contributed by atoms with Gasteiger partial charge in [-0.05, 0) is 5.56 Å². The van der Waals surface area contributed by atoms with Gasteiger partial charge in [-0.15, -0.1) is 0 Å². The molecule has 1 aromatic rings.